The van der Waals surface area contributed by atoms with Crippen molar-refractivity contribution < 1.29 is 4.74 Å². The largest absolute Gasteiger partial charge is 0.374 e. The van der Waals surface area contributed by atoms with Crippen molar-refractivity contribution in [1.29, 1.82) is 0 Å². The molecular formula is C16H33N3O. The molecule has 0 radical (unpaired) electrons. The number of rotatable bonds is 6. The number of hydrogen-bond donors (Lipinski definition) is 1. The average molecular weight is 283 g/mol. The van der Waals surface area contributed by atoms with Gasteiger partial charge in [0.05, 0.1) is 12.7 Å². The van der Waals surface area contributed by atoms with Crippen LogP contribution in [0.2, 0.25) is 0 Å². The van der Waals surface area contributed by atoms with Crippen LogP contribution in [-0.2, 0) is 4.74 Å². The molecule has 4 heteroatoms. The molecule has 0 aromatic rings. The third-order valence-electron chi connectivity index (χ3n) is 5.03. The van der Waals surface area contributed by atoms with Crippen molar-refractivity contribution in [2.75, 3.05) is 52.4 Å². The van der Waals surface area contributed by atoms with E-state index < -0.39 is 0 Å². The Morgan fingerprint density at radius 1 is 1.15 bits per heavy atom. The second-order valence-electron chi connectivity index (χ2n) is 6.38. The van der Waals surface area contributed by atoms with E-state index in [0.29, 0.717) is 12.1 Å². The van der Waals surface area contributed by atoms with Crippen molar-refractivity contribution in [3.8, 4) is 0 Å². The number of nitrogens with one attached hydrogen (secondary N) is 1. The number of nitrogens with zero attached hydrogens (tertiary/aromatic N) is 2. The lowest BCUT2D eigenvalue weighted by atomic mass is 9.91. The molecule has 20 heavy (non-hydrogen) atoms. The van der Waals surface area contributed by atoms with Crippen LogP contribution in [-0.4, -0.2) is 74.4 Å². The van der Waals surface area contributed by atoms with Gasteiger partial charge in [0.25, 0.3) is 0 Å². The highest BCUT2D eigenvalue weighted by atomic mass is 16.5. The van der Waals surface area contributed by atoms with E-state index in [1.807, 2.05) is 0 Å². The SMILES string of the molecule is CCN1CCOC(CNC(C)C2CCCN(CC)C2)C1. The lowest BCUT2D eigenvalue weighted by molar-refractivity contribution is -0.0273. The predicted octanol–water partition coefficient (Wildman–Crippen LogP) is 1.42. The first-order valence-electron chi connectivity index (χ1n) is 8.52. The molecule has 0 aromatic carbocycles. The van der Waals surface area contributed by atoms with Gasteiger partial charge < -0.3 is 15.0 Å². The lowest BCUT2D eigenvalue weighted by Gasteiger charge is -2.37. The Morgan fingerprint density at radius 2 is 1.90 bits per heavy atom. The Hall–Kier alpha value is -0.160. The number of likely N-dealkylation sites (N-methyl/N-ethyl adjacent to an activating group) is 1. The Labute approximate surface area is 124 Å². The van der Waals surface area contributed by atoms with E-state index in [9.17, 15) is 0 Å². The summed E-state index contributed by atoms with van der Waals surface area (Å²) >= 11 is 0. The maximum Gasteiger partial charge on any atom is 0.0826 e. The highest BCUT2D eigenvalue weighted by molar-refractivity contribution is 4.82. The van der Waals surface area contributed by atoms with Crippen LogP contribution in [0.5, 0.6) is 0 Å². The Balaban J connectivity index is 1.70. The number of piperidine rings is 1. The van der Waals surface area contributed by atoms with E-state index in [0.717, 1.165) is 38.7 Å². The van der Waals surface area contributed by atoms with Gasteiger partial charge in [-0.1, -0.05) is 13.8 Å². The summed E-state index contributed by atoms with van der Waals surface area (Å²) in [7, 11) is 0. The van der Waals surface area contributed by atoms with Crippen molar-refractivity contribution in [3.63, 3.8) is 0 Å². The van der Waals surface area contributed by atoms with E-state index in [4.69, 9.17) is 4.74 Å². The van der Waals surface area contributed by atoms with Gasteiger partial charge in [0.15, 0.2) is 0 Å². The molecule has 0 amide bonds. The molecule has 4 nitrogen and oxygen atoms in total. The third-order valence-corrected chi connectivity index (χ3v) is 5.03. The van der Waals surface area contributed by atoms with E-state index in [2.05, 4.69) is 35.9 Å². The van der Waals surface area contributed by atoms with Crippen LogP contribution in [0, 0.1) is 5.92 Å². The van der Waals surface area contributed by atoms with Gasteiger partial charge in [-0.3, -0.25) is 4.90 Å². The quantitative estimate of drug-likeness (QED) is 0.798. The molecule has 0 bridgehead atoms. The second kappa shape index (κ2) is 8.32. The van der Waals surface area contributed by atoms with Crippen LogP contribution >= 0.6 is 0 Å². The molecule has 118 valence electrons. The zero-order chi connectivity index (χ0) is 14.4. The summed E-state index contributed by atoms with van der Waals surface area (Å²) in [5.41, 5.74) is 0. The van der Waals surface area contributed by atoms with E-state index >= 15 is 0 Å². The molecule has 0 saturated carbocycles. The topological polar surface area (TPSA) is 27.7 Å². The zero-order valence-electron chi connectivity index (χ0n) is 13.6. The first kappa shape index (κ1) is 16.2. The van der Waals surface area contributed by atoms with Gasteiger partial charge in [-0.2, -0.15) is 0 Å². The van der Waals surface area contributed by atoms with Crippen LogP contribution in [0.4, 0.5) is 0 Å². The Morgan fingerprint density at radius 3 is 2.65 bits per heavy atom. The normalized spacial score (nSPS) is 31.4. The smallest absolute Gasteiger partial charge is 0.0826 e. The van der Waals surface area contributed by atoms with Crippen LogP contribution < -0.4 is 5.32 Å². The summed E-state index contributed by atoms with van der Waals surface area (Å²) in [4.78, 5) is 5.07. The molecule has 2 fully saturated rings. The summed E-state index contributed by atoms with van der Waals surface area (Å²) in [6, 6.07) is 0.602. The van der Waals surface area contributed by atoms with Crippen molar-refractivity contribution in [3.05, 3.63) is 0 Å². The van der Waals surface area contributed by atoms with Gasteiger partial charge in [-0.15, -0.1) is 0 Å². The minimum absolute atomic E-state index is 0.372. The molecule has 0 aromatic heterocycles. The van der Waals surface area contributed by atoms with Crippen LogP contribution in [0.3, 0.4) is 0 Å². The van der Waals surface area contributed by atoms with Gasteiger partial charge in [0.2, 0.25) is 0 Å². The number of hydrogen-bond acceptors (Lipinski definition) is 4. The fourth-order valence-corrected chi connectivity index (χ4v) is 3.46. The van der Waals surface area contributed by atoms with Crippen molar-refractivity contribution in [2.45, 2.75) is 45.8 Å². The third kappa shape index (κ3) is 4.69. The number of ether oxygens (including phenoxy) is 1. The standard InChI is InChI=1S/C16H33N3O/c1-4-18-8-6-7-15(12-18)14(3)17-11-16-13-19(5-2)9-10-20-16/h14-17H,4-13H2,1-3H3. The Bertz CT molecular complexity index is 274. The van der Waals surface area contributed by atoms with E-state index in [-0.39, 0.29) is 0 Å². The van der Waals surface area contributed by atoms with Gasteiger partial charge in [-0.25, -0.2) is 0 Å². The minimum Gasteiger partial charge on any atom is -0.374 e. The van der Waals surface area contributed by atoms with Crippen molar-refractivity contribution in [1.82, 2.24) is 15.1 Å². The average Bonchev–Trinajstić information content (AvgIpc) is 2.52. The minimum atomic E-state index is 0.372. The van der Waals surface area contributed by atoms with Gasteiger partial charge in [-0.05, 0) is 45.3 Å². The lowest BCUT2D eigenvalue weighted by Crippen LogP contribution is -2.50. The summed E-state index contributed by atoms with van der Waals surface area (Å²) in [5.74, 6) is 0.801. The van der Waals surface area contributed by atoms with Crippen molar-refractivity contribution >= 4 is 0 Å². The summed E-state index contributed by atoms with van der Waals surface area (Å²) < 4.78 is 5.88. The van der Waals surface area contributed by atoms with Gasteiger partial charge >= 0.3 is 0 Å². The first-order chi connectivity index (χ1) is 9.72. The second-order valence-corrected chi connectivity index (χ2v) is 6.38. The maximum atomic E-state index is 5.88. The molecule has 2 aliphatic rings. The molecule has 3 unspecified atom stereocenters. The molecule has 1 N–H and O–H groups in total. The van der Waals surface area contributed by atoms with Gasteiger partial charge in [0, 0.05) is 32.2 Å². The van der Waals surface area contributed by atoms with Gasteiger partial charge in [0.1, 0.15) is 0 Å². The fraction of sp³-hybridized carbons (Fsp3) is 1.00. The number of likely N-dealkylation sites (tertiary alicyclic amines) is 1. The van der Waals surface area contributed by atoms with E-state index in [1.165, 1.54) is 32.5 Å². The Kier molecular flexibility index (Phi) is 6.75. The maximum absolute atomic E-state index is 5.88. The molecular weight excluding hydrogens is 250 g/mol. The summed E-state index contributed by atoms with van der Waals surface area (Å²) in [5, 5.41) is 3.73. The molecule has 2 heterocycles. The fourth-order valence-electron chi connectivity index (χ4n) is 3.46. The molecule has 2 saturated heterocycles. The highest BCUT2D eigenvalue weighted by Gasteiger charge is 2.25. The first-order valence-corrected chi connectivity index (χ1v) is 8.52. The van der Waals surface area contributed by atoms with Crippen LogP contribution in [0.1, 0.15) is 33.6 Å². The molecule has 2 rings (SSSR count). The molecule has 3 atom stereocenters. The molecule has 0 aliphatic carbocycles. The monoisotopic (exact) mass is 283 g/mol. The summed E-state index contributed by atoms with van der Waals surface area (Å²) in [6.07, 6.45) is 3.10. The predicted molar refractivity (Wildman–Crippen MR) is 84.2 cm³/mol. The molecule has 2 aliphatic heterocycles. The number of morpholine rings is 1. The van der Waals surface area contributed by atoms with Crippen molar-refractivity contribution in [2.24, 2.45) is 5.92 Å². The van der Waals surface area contributed by atoms with Crippen LogP contribution in [0.25, 0.3) is 0 Å². The van der Waals surface area contributed by atoms with Crippen LogP contribution in [0.15, 0.2) is 0 Å². The zero-order valence-corrected chi connectivity index (χ0v) is 13.6. The van der Waals surface area contributed by atoms with E-state index in [1.54, 1.807) is 0 Å². The highest BCUT2D eigenvalue weighted by Crippen LogP contribution is 2.19. The summed E-state index contributed by atoms with van der Waals surface area (Å²) in [6.45, 7) is 15.8. The molecule has 0 spiro atoms.